The number of hydrogen-bond donors (Lipinski definition) is 1. The van der Waals surface area contributed by atoms with E-state index in [1.807, 2.05) is 13.0 Å². The van der Waals surface area contributed by atoms with Crippen LogP contribution < -0.4 is 5.73 Å². The Hall–Kier alpha value is -1.92. The number of hydrogen-bond acceptors (Lipinski definition) is 5. The number of methoxy groups -OCH3 is 1. The van der Waals surface area contributed by atoms with Crippen LogP contribution in [0.4, 0.5) is 0 Å². The van der Waals surface area contributed by atoms with Crippen LogP contribution in [0.1, 0.15) is 18.4 Å². The zero-order valence-corrected chi connectivity index (χ0v) is 13.5. The summed E-state index contributed by atoms with van der Waals surface area (Å²) in [6, 6.07) is 8.07. The van der Waals surface area contributed by atoms with Gasteiger partial charge in [-0.3, -0.25) is 9.69 Å². The fraction of sp³-hybridized carbons (Fsp3) is 0.375. The Morgan fingerprint density at radius 1 is 1.41 bits per heavy atom. The predicted octanol–water partition coefficient (Wildman–Crippen LogP) is 2.18. The number of benzene rings is 1. The minimum absolute atomic E-state index is 0.00775. The average Bonchev–Trinajstić information content (AvgIpc) is 2.94. The molecule has 2 atom stereocenters. The quantitative estimate of drug-likeness (QED) is 0.940. The van der Waals surface area contributed by atoms with Crippen molar-refractivity contribution < 1.29 is 9.53 Å². The SMILES string of the molecule is COCCN1C(=O)C(c2ccc3sccc3c2)[C@H](C)N=C1N. The van der Waals surface area contributed by atoms with Crippen LogP contribution in [-0.4, -0.2) is 43.1 Å². The summed E-state index contributed by atoms with van der Waals surface area (Å²) in [7, 11) is 1.60. The molecule has 6 heteroatoms. The number of amides is 1. The molecule has 2 heterocycles. The first-order valence-electron chi connectivity index (χ1n) is 7.22. The molecule has 1 aromatic carbocycles. The van der Waals surface area contributed by atoms with Crippen LogP contribution in [0.15, 0.2) is 34.6 Å². The summed E-state index contributed by atoms with van der Waals surface area (Å²) in [6.45, 7) is 2.79. The van der Waals surface area contributed by atoms with Crippen molar-refractivity contribution in [3.05, 3.63) is 35.2 Å². The molecule has 5 nitrogen and oxygen atoms in total. The largest absolute Gasteiger partial charge is 0.383 e. The molecule has 1 aliphatic heterocycles. The van der Waals surface area contributed by atoms with Crippen molar-refractivity contribution >= 4 is 33.3 Å². The molecule has 1 amide bonds. The van der Waals surface area contributed by atoms with E-state index < -0.39 is 0 Å². The maximum Gasteiger partial charge on any atom is 0.239 e. The summed E-state index contributed by atoms with van der Waals surface area (Å²) in [5.74, 6) is -0.0255. The van der Waals surface area contributed by atoms with Gasteiger partial charge in [0.05, 0.1) is 25.1 Å². The fourth-order valence-corrected chi connectivity index (χ4v) is 3.62. The topological polar surface area (TPSA) is 67.9 Å². The van der Waals surface area contributed by atoms with E-state index in [4.69, 9.17) is 10.5 Å². The molecule has 22 heavy (non-hydrogen) atoms. The van der Waals surface area contributed by atoms with Crippen molar-refractivity contribution in [1.82, 2.24) is 4.90 Å². The van der Waals surface area contributed by atoms with Gasteiger partial charge in [-0.25, -0.2) is 4.99 Å². The number of carbonyl (C=O) groups is 1. The number of nitrogens with zero attached hydrogens (tertiary/aromatic N) is 2. The predicted molar refractivity (Wildman–Crippen MR) is 89.2 cm³/mol. The smallest absolute Gasteiger partial charge is 0.239 e. The first-order chi connectivity index (χ1) is 10.6. The van der Waals surface area contributed by atoms with Gasteiger partial charge in [-0.1, -0.05) is 6.07 Å². The van der Waals surface area contributed by atoms with E-state index in [0.29, 0.717) is 13.2 Å². The molecule has 0 saturated carbocycles. The second-order valence-electron chi connectivity index (χ2n) is 5.41. The van der Waals surface area contributed by atoms with Crippen molar-refractivity contribution in [2.24, 2.45) is 10.7 Å². The van der Waals surface area contributed by atoms with Crippen LogP contribution >= 0.6 is 11.3 Å². The number of guanidine groups is 1. The standard InChI is InChI=1S/C16H19N3O2S/c1-10-14(12-3-4-13-11(9-12)5-8-22-13)15(20)19(6-7-21-2)16(17)18-10/h3-5,8-10,14H,6-7H2,1-2H3,(H2,17,18)/t10-,14?/m0/s1. The van der Waals surface area contributed by atoms with Crippen molar-refractivity contribution in [2.45, 2.75) is 18.9 Å². The molecule has 0 radical (unpaired) electrons. The van der Waals surface area contributed by atoms with Crippen molar-refractivity contribution in [3.63, 3.8) is 0 Å². The number of thiophene rings is 1. The van der Waals surface area contributed by atoms with E-state index >= 15 is 0 Å². The number of ether oxygens (including phenoxy) is 1. The third-order valence-electron chi connectivity index (χ3n) is 3.98. The van der Waals surface area contributed by atoms with Crippen LogP contribution in [0.5, 0.6) is 0 Å². The van der Waals surface area contributed by atoms with Crippen LogP contribution in [0, 0.1) is 0 Å². The monoisotopic (exact) mass is 317 g/mol. The van der Waals surface area contributed by atoms with E-state index in [1.165, 1.54) is 9.60 Å². The molecular formula is C16H19N3O2S. The lowest BCUT2D eigenvalue weighted by Gasteiger charge is -2.33. The Bertz CT molecular complexity index is 725. The fourth-order valence-electron chi connectivity index (χ4n) is 2.85. The number of rotatable bonds is 4. The van der Waals surface area contributed by atoms with Gasteiger partial charge in [-0.15, -0.1) is 11.3 Å². The van der Waals surface area contributed by atoms with Gasteiger partial charge in [0.25, 0.3) is 0 Å². The summed E-state index contributed by atoms with van der Waals surface area (Å²) in [4.78, 5) is 18.8. The molecule has 0 saturated heterocycles. The lowest BCUT2D eigenvalue weighted by Crippen LogP contribution is -2.51. The Balaban J connectivity index is 1.96. The van der Waals surface area contributed by atoms with Gasteiger partial charge in [0.2, 0.25) is 5.91 Å². The summed E-state index contributed by atoms with van der Waals surface area (Å²) in [5, 5.41) is 3.22. The summed E-state index contributed by atoms with van der Waals surface area (Å²) in [5.41, 5.74) is 6.90. The molecular weight excluding hydrogens is 298 g/mol. The molecule has 1 unspecified atom stereocenters. The number of nitrogens with two attached hydrogens (primary N) is 1. The highest BCUT2D eigenvalue weighted by atomic mass is 32.1. The Morgan fingerprint density at radius 2 is 2.23 bits per heavy atom. The lowest BCUT2D eigenvalue weighted by molar-refractivity contribution is -0.130. The van der Waals surface area contributed by atoms with E-state index in [2.05, 4.69) is 28.6 Å². The molecule has 1 aromatic heterocycles. The molecule has 116 valence electrons. The maximum absolute atomic E-state index is 12.8. The third-order valence-corrected chi connectivity index (χ3v) is 4.88. The third kappa shape index (κ3) is 2.60. The molecule has 2 aromatic rings. The maximum atomic E-state index is 12.8. The van der Waals surface area contributed by atoms with Crippen molar-refractivity contribution in [3.8, 4) is 0 Å². The highest BCUT2D eigenvalue weighted by Gasteiger charge is 2.36. The van der Waals surface area contributed by atoms with Gasteiger partial charge >= 0.3 is 0 Å². The summed E-state index contributed by atoms with van der Waals surface area (Å²) >= 11 is 1.70. The number of fused-ring (bicyclic) bond motifs is 1. The number of aliphatic imine (C=N–C) groups is 1. The Morgan fingerprint density at radius 3 is 3.00 bits per heavy atom. The summed E-state index contributed by atoms with van der Waals surface area (Å²) < 4.78 is 6.27. The molecule has 3 rings (SSSR count). The Labute approximate surface area is 133 Å². The zero-order valence-electron chi connectivity index (χ0n) is 12.7. The van der Waals surface area contributed by atoms with Crippen LogP contribution in [-0.2, 0) is 9.53 Å². The lowest BCUT2D eigenvalue weighted by atomic mass is 9.89. The van der Waals surface area contributed by atoms with Gasteiger partial charge in [0, 0.05) is 11.8 Å². The minimum atomic E-state index is -0.298. The van der Waals surface area contributed by atoms with Gasteiger partial charge < -0.3 is 10.5 Å². The highest BCUT2D eigenvalue weighted by molar-refractivity contribution is 7.17. The van der Waals surface area contributed by atoms with Crippen molar-refractivity contribution in [2.75, 3.05) is 20.3 Å². The highest BCUT2D eigenvalue weighted by Crippen LogP contribution is 2.31. The molecule has 0 fully saturated rings. The second-order valence-corrected chi connectivity index (χ2v) is 6.35. The molecule has 0 aliphatic carbocycles. The van der Waals surface area contributed by atoms with E-state index in [0.717, 1.165) is 10.9 Å². The first-order valence-corrected chi connectivity index (χ1v) is 8.10. The summed E-state index contributed by atoms with van der Waals surface area (Å²) in [6.07, 6.45) is 0. The van der Waals surface area contributed by atoms with Gasteiger partial charge in [0.1, 0.15) is 0 Å². The van der Waals surface area contributed by atoms with Crippen LogP contribution in [0.3, 0.4) is 0 Å². The zero-order chi connectivity index (χ0) is 15.7. The van der Waals surface area contributed by atoms with Gasteiger partial charge in [-0.05, 0) is 41.5 Å². The normalized spacial score (nSPS) is 22.2. The molecule has 2 N–H and O–H groups in total. The molecule has 0 spiro atoms. The van der Waals surface area contributed by atoms with Crippen LogP contribution in [0.2, 0.25) is 0 Å². The van der Waals surface area contributed by atoms with Gasteiger partial charge in [0.15, 0.2) is 5.96 Å². The number of carbonyl (C=O) groups excluding carboxylic acids is 1. The Kier molecular flexibility index (Phi) is 4.13. The van der Waals surface area contributed by atoms with E-state index in [1.54, 1.807) is 18.4 Å². The molecule has 1 aliphatic rings. The average molecular weight is 317 g/mol. The second kappa shape index (κ2) is 6.06. The molecule has 0 bridgehead atoms. The van der Waals surface area contributed by atoms with E-state index in [-0.39, 0.29) is 23.8 Å². The minimum Gasteiger partial charge on any atom is -0.383 e. The van der Waals surface area contributed by atoms with Crippen molar-refractivity contribution in [1.29, 1.82) is 0 Å². The van der Waals surface area contributed by atoms with Gasteiger partial charge in [-0.2, -0.15) is 0 Å². The van der Waals surface area contributed by atoms with E-state index in [9.17, 15) is 4.79 Å². The van der Waals surface area contributed by atoms with Crippen LogP contribution in [0.25, 0.3) is 10.1 Å². The first kappa shape index (κ1) is 15.0.